The first kappa shape index (κ1) is 15.2. The number of nitrogens with zero attached hydrogens (tertiary/aromatic N) is 3. The van der Waals surface area contributed by atoms with E-state index in [-0.39, 0.29) is 0 Å². The highest BCUT2D eigenvalue weighted by Crippen LogP contribution is 2.24. The Morgan fingerprint density at radius 2 is 1.86 bits per heavy atom. The number of anilines is 3. The summed E-state index contributed by atoms with van der Waals surface area (Å²) in [7, 11) is 1.65. The van der Waals surface area contributed by atoms with E-state index < -0.39 is 0 Å². The first-order valence-corrected chi connectivity index (χ1v) is 6.87. The van der Waals surface area contributed by atoms with Gasteiger partial charge in [0.2, 0.25) is 5.95 Å². The molecule has 0 aliphatic rings. The van der Waals surface area contributed by atoms with Crippen LogP contribution in [0.2, 0.25) is 0 Å². The van der Waals surface area contributed by atoms with E-state index in [4.69, 9.17) is 4.74 Å². The monoisotopic (exact) mass is 287 g/mol. The summed E-state index contributed by atoms with van der Waals surface area (Å²) in [6.07, 6.45) is 1.61. The molecule has 6 heteroatoms. The van der Waals surface area contributed by atoms with Gasteiger partial charge in [-0.1, -0.05) is 17.7 Å². The van der Waals surface area contributed by atoms with Crippen molar-refractivity contribution in [3.05, 3.63) is 35.0 Å². The van der Waals surface area contributed by atoms with Gasteiger partial charge < -0.3 is 15.4 Å². The molecule has 2 aromatic rings. The van der Waals surface area contributed by atoms with Crippen LogP contribution in [0.25, 0.3) is 0 Å². The largest absolute Gasteiger partial charge is 0.383 e. The minimum absolute atomic E-state index is 0.486. The number of nitrogens with one attached hydrogen (secondary N) is 2. The SMILES string of the molecule is COCCNc1nncc(Nc2c(C)cc(C)cc2C)n1. The minimum atomic E-state index is 0.486. The van der Waals surface area contributed by atoms with Crippen molar-refractivity contribution in [2.75, 3.05) is 30.9 Å². The van der Waals surface area contributed by atoms with Gasteiger partial charge in [0.1, 0.15) is 0 Å². The van der Waals surface area contributed by atoms with Crippen LogP contribution in [0.5, 0.6) is 0 Å². The van der Waals surface area contributed by atoms with Crippen LogP contribution in [-0.4, -0.2) is 35.4 Å². The summed E-state index contributed by atoms with van der Waals surface area (Å²) in [5.41, 5.74) is 4.67. The highest BCUT2D eigenvalue weighted by Gasteiger charge is 2.06. The van der Waals surface area contributed by atoms with Crippen molar-refractivity contribution in [2.24, 2.45) is 0 Å². The maximum absolute atomic E-state index is 4.98. The molecule has 0 saturated carbocycles. The van der Waals surface area contributed by atoms with Gasteiger partial charge in [-0.3, -0.25) is 0 Å². The lowest BCUT2D eigenvalue weighted by molar-refractivity contribution is 0.210. The summed E-state index contributed by atoms with van der Waals surface area (Å²) in [4.78, 5) is 4.39. The van der Waals surface area contributed by atoms with Crippen LogP contribution in [0, 0.1) is 20.8 Å². The van der Waals surface area contributed by atoms with Crippen LogP contribution in [0.1, 0.15) is 16.7 Å². The zero-order valence-electron chi connectivity index (χ0n) is 12.9. The van der Waals surface area contributed by atoms with Crippen molar-refractivity contribution in [3.63, 3.8) is 0 Å². The molecule has 1 heterocycles. The third kappa shape index (κ3) is 4.13. The number of methoxy groups -OCH3 is 1. The fraction of sp³-hybridized carbons (Fsp3) is 0.400. The third-order valence-corrected chi connectivity index (χ3v) is 3.08. The third-order valence-electron chi connectivity index (χ3n) is 3.08. The molecule has 0 fully saturated rings. The fourth-order valence-electron chi connectivity index (χ4n) is 2.21. The Morgan fingerprint density at radius 3 is 2.52 bits per heavy atom. The summed E-state index contributed by atoms with van der Waals surface area (Å²) < 4.78 is 4.98. The van der Waals surface area contributed by atoms with Crippen LogP contribution >= 0.6 is 0 Å². The average molecular weight is 287 g/mol. The maximum atomic E-state index is 4.98. The Kier molecular flexibility index (Phi) is 5.05. The van der Waals surface area contributed by atoms with Crippen molar-refractivity contribution in [3.8, 4) is 0 Å². The lowest BCUT2D eigenvalue weighted by atomic mass is 10.1. The molecule has 112 valence electrons. The zero-order valence-corrected chi connectivity index (χ0v) is 12.9. The molecule has 0 saturated heterocycles. The first-order valence-electron chi connectivity index (χ1n) is 6.87. The van der Waals surface area contributed by atoms with E-state index in [0.29, 0.717) is 24.9 Å². The molecule has 0 amide bonds. The Labute approximate surface area is 125 Å². The molecule has 21 heavy (non-hydrogen) atoms. The summed E-state index contributed by atoms with van der Waals surface area (Å²) in [5, 5.41) is 14.3. The van der Waals surface area contributed by atoms with Gasteiger partial charge in [0.25, 0.3) is 0 Å². The maximum Gasteiger partial charge on any atom is 0.244 e. The first-order chi connectivity index (χ1) is 10.1. The Hall–Kier alpha value is -2.21. The predicted octanol–water partition coefficient (Wildman–Crippen LogP) is 2.60. The van der Waals surface area contributed by atoms with Gasteiger partial charge in [-0.05, 0) is 31.9 Å². The summed E-state index contributed by atoms with van der Waals surface area (Å²) in [5.74, 6) is 1.15. The molecule has 0 radical (unpaired) electrons. The van der Waals surface area contributed by atoms with Crippen LogP contribution in [0.15, 0.2) is 18.3 Å². The van der Waals surface area contributed by atoms with Gasteiger partial charge in [0.05, 0.1) is 12.8 Å². The van der Waals surface area contributed by atoms with Crippen LogP contribution in [0.4, 0.5) is 17.5 Å². The van der Waals surface area contributed by atoms with E-state index in [1.807, 2.05) is 0 Å². The quantitative estimate of drug-likeness (QED) is 0.796. The summed E-state index contributed by atoms with van der Waals surface area (Å²) in [6.45, 7) is 7.48. The molecule has 0 bridgehead atoms. The van der Waals surface area contributed by atoms with E-state index in [1.165, 1.54) is 16.7 Å². The molecular weight excluding hydrogens is 266 g/mol. The number of ether oxygens (including phenoxy) is 1. The number of aromatic nitrogens is 3. The summed E-state index contributed by atoms with van der Waals surface area (Å²) in [6, 6.07) is 4.28. The highest BCUT2D eigenvalue weighted by atomic mass is 16.5. The molecule has 0 spiro atoms. The molecule has 0 aliphatic carbocycles. The van der Waals surface area contributed by atoms with Crippen molar-refractivity contribution in [1.29, 1.82) is 0 Å². The molecule has 2 N–H and O–H groups in total. The molecule has 6 nitrogen and oxygen atoms in total. The molecule has 0 atom stereocenters. The smallest absolute Gasteiger partial charge is 0.244 e. The number of hydrogen-bond donors (Lipinski definition) is 2. The van der Waals surface area contributed by atoms with Gasteiger partial charge >= 0.3 is 0 Å². The van der Waals surface area contributed by atoms with Crippen LogP contribution in [-0.2, 0) is 4.74 Å². The highest BCUT2D eigenvalue weighted by molar-refractivity contribution is 5.65. The lowest BCUT2D eigenvalue weighted by Gasteiger charge is -2.13. The number of rotatable bonds is 6. The van der Waals surface area contributed by atoms with Gasteiger partial charge in [-0.2, -0.15) is 10.1 Å². The van der Waals surface area contributed by atoms with Gasteiger partial charge in [-0.15, -0.1) is 5.10 Å². The number of aryl methyl sites for hydroxylation is 3. The predicted molar refractivity (Wildman–Crippen MR) is 84.1 cm³/mol. The zero-order chi connectivity index (χ0) is 15.2. The second-order valence-electron chi connectivity index (χ2n) is 4.98. The van der Waals surface area contributed by atoms with Gasteiger partial charge in [-0.25, -0.2) is 0 Å². The standard InChI is InChI=1S/C15H21N5O/c1-10-7-11(2)14(12(3)8-10)18-13-9-17-20-15(19-13)16-5-6-21-4/h7-9H,5-6H2,1-4H3,(H2,16,18,19,20). The lowest BCUT2D eigenvalue weighted by Crippen LogP contribution is -2.11. The Balaban J connectivity index is 2.15. The molecular formula is C15H21N5O. The Morgan fingerprint density at radius 1 is 1.14 bits per heavy atom. The van der Waals surface area contributed by atoms with E-state index in [1.54, 1.807) is 13.3 Å². The van der Waals surface area contributed by atoms with E-state index in [9.17, 15) is 0 Å². The van der Waals surface area contributed by atoms with Crippen LogP contribution < -0.4 is 10.6 Å². The second kappa shape index (κ2) is 6.99. The topological polar surface area (TPSA) is 72.0 Å². The van der Waals surface area contributed by atoms with Crippen molar-refractivity contribution in [2.45, 2.75) is 20.8 Å². The van der Waals surface area contributed by atoms with Crippen molar-refractivity contribution >= 4 is 17.5 Å². The molecule has 1 aromatic heterocycles. The average Bonchev–Trinajstić information content (AvgIpc) is 2.44. The summed E-state index contributed by atoms with van der Waals surface area (Å²) >= 11 is 0. The molecule has 0 unspecified atom stereocenters. The van der Waals surface area contributed by atoms with E-state index >= 15 is 0 Å². The second-order valence-corrected chi connectivity index (χ2v) is 4.98. The number of hydrogen-bond acceptors (Lipinski definition) is 6. The van der Waals surface area contributed by atoms with E-state index in [0.717, 1.165) is 5.69 Å². The number of benzene rings is 1. The van der Waals surface area contributed by atoms with Gasteiger partial charge in [0, 0.05) is 19.3 Å². The Bertz CT molecular complexity index is 592. The molecule has 1 aromatic carbocycles. The molecule has 0 aliphatic heterocycles. The van der Waals surface area contributed by atoms with Crippen molar-refractivity contribution < 1.29 is 4.74 Å². The van der Waals surface area contributed by atoms with Gasteiger partial charge in [0.15, 0.2) is 5.82 Å². The minimum Gasteiger partial charge on any atom is -0.383 e. The van der Waals surface area contributed by atoms with Crippen molar-refractivity contribution in [1.82, 2.24) is 15.2 Å². The van der Waals surface area contributed by atoms with Crippen LogP contribution in [0.3, 0.4) is 0 Å². The normalized spacial score (nSPS) is 10.5. The molecule has 2 rings (SSSR count). The fourth-order valence-corrected chi connectivity index (χ4v) is 2.21. The van der Waals surface area contributed by atoms with E-state index in [2.05, 4.69) is 58.7 Å².